The van der Waals surface area contributed by atoms with Crippen LogP contribution in [0.3, 0.4) is 0 Å². The molecule has 94 heavy (non-hydrogen) atoms. The van der Waals surface area contributed by atoms with E-state index in [0.29, 0.717) is 12.8 Å². The maximum absolute atomic E-state index is 13.4. The van der Waals surface area contributed by atoms with Crippen LogP contribution < -0.4 is 5.32 Å². The summed E-state index contributed by atoms with van der Waals surface area (Å²) in [5.74, 6) is -0.288. The van der Waals surface area contributed by atoms with E-state index in [4.69, 9.17) is 28.4 Å². The van der Waals surface area contributed by atoms with E-state index in [0.717, 1.165) is 51.4 Å². The van der Waals surface area contributed by atoms with Gasteiger partial charge >= 0.3 is 0 Å². The highest BCUT2D eigenvalue weighted by Crippen LogP contribution is 2.33. The quantitative estimate of drug-likeness (QED) is 0.0199. The van der Waals surface area contributed by atoms with Gasteiger partial charge in [0, 0.05) is 6.42 Å². The summed E-state index contributed by atoms with van der Waals surface area (Å²) < 4.78 is 34.4. The van der Waals surface area contributed by atoms with Crippen LogP contribution in [0.5, 0.6) is 0 Å². The molecule has 3 aliphatic rings. The SMILES string of the molecule is CCCCCCC/C=C\C/C=C\CCCCCCCCCCCCCCCCCC(=O)NC(COC1OC(CO)C(OC2OC(CO)C(OC3OC(CO)C(O)C(O)C3O)C(O)C2O)C(O)C1O)C(O)/C=C/CC/C=C/CC/C=C/CCCCCCCCCCCCCC. The molecular formula is C75H135NO18. The van der Waals surface area contributed by atoms with E-state index in [2.05, 4.69) is 67.8 Å². The Hall–Kier alpha value is -2.51. The molecule has 0 spiro atoms. The Morgan fingerprint density at radius 1 is 0.383 bits per heavy atom. The summed E-state index contributed by atoms with van der Waals surface area (Å²) in [7, 11) is 0. The van der Waals surface area contributed by atoms with Crippen LogP contribution in [0.4, 0.5) is 0 Å². The maximum Gasteiger partial charge on any atom is 0.220 e. The molecular weight excluding hydrogens is 1200 g/mol. The van der Waals surface area contributed by atoms with Crippen molar-refractivity contribution in [3.05, 3.63) is 60.8 Å². The number of rotatable bonds is 58. The number of amides is 1. The normalized spacial score (nSPS) is 27.7. The van der Waals surface area contributed by atoms with Gasteiger partial charge in [0.25, 0.3) is 0 Å². The molecule has 0 aliphatic carbocycles. The number of unbranched alkanes of at least 4 members (excludes halogenated alkanes) is 34. The zero-order valence-electron chi connectivity index (χ0n) is 58.2. The van der Waals surface area contributed by atoms with Crippen LogP contribution in [-0.2, 0) is 33.2 Å². The smallest absolute Gasteiger partial charge is 0.220 e. The fourth-order valence-electron chi connectivity index (χ4n) is 12.4. The molecule has 0 bridgehead atoms. The molecule has 17 atom stereocenters. The number of hydrogen-bond acceptors (Lipinski definition) is 18. The average molecular weight is 1340 g/mol. The molecule has 3 saturated heterocycles. The summed E-state index contributed by atoms with van der Waals surface area (Å²) in [5, 5.41) is 121. The van der Waals surface area contributed by atoms with Crippen molar-refractivity contribution in [2.24, 2.45) is 0 Å². The van der Waals surface area contributed by atoms with Crippen LogP contribution >= 0.6 is 0 Å². The van der Waals surface area contributed by atoms with Gasteiger partial charge in [0.1, 0.15) is 73.2 Å². The molecule has 19 nitrogen and oxygen atoms in total. The lowest BCUT2D eigenvalue weighted by molar-refractivity contribution is -0.379. The minimum absolute atomic E-state index is 0.231. The number of nitrogens with one attached hydrogen (secondary N) is 1. The Labute approximate surface area is 566 Å². The number of hydrogen-bond donors (Lipinski definition) is 12. The second-order valence-electron chi connectivity index (χ2n) is 26.7. The van der Waals surface area contributed by atoms with Gasteiger partial charge in [0.15, 0.2) is 18.9 Å². The first-order valence-corrected chi connectivity index (χ1v) is 37.5. The third kappa shape index (κ3) is 37.1. The Morgan fingerprint density at radius 2 is 0.713 bits per heavy atom. The third-order valence-electron chi connectivity index (χ3n) is 18.5. The molecule has 3 heterocycles. The van der Waals surface area contributed by atoms with Crippen LogP contribution in [0.1, 0.15) is 277 Å². The largest absolute Gasteiger partial charge is 0.394 e. The fraction of sp³-hybridized carbons (Fsp3) is 0.853. The first-order chi connectivity index (χ1) is 45.8. The Morgan fingerprint density at radius 3 is 1.13 bits per heavy atom. The minimum Gasteiger partial charge on any atom is -0.394 e. The number of aliphatic hydroxyl groups excluding tert-OH is 11. The number of aliphatic hydroxyl groups is 11. The summed E-state index contributed by atoms with van der Waals surface area (Å²) in [6, 6.07) is -0.999. The van der Waals surface area contributed by atoms with E-state index in [9.17, 15) is 61.0 Å². The lowest BCUT2D eigenvalue weighted by Gasteiger charge is -2.48. The van der Waals surface area contributed by atoms with Crippen molar-refractivity contribution in [3.8, 4) is 0 Å². The second-order valence-corrected chi connectivity index (χ2v) is 26.7. The summed E-state index contributed by atoms with van der Waals surface area (Å²) >= 11 is 0. The van der Waals surface area contributed by atoms with Crippen molar-refractivity contribution < 1.29 is 89.4 Å². The van der Waals surface area contributed by atoms with E-state index < -0.39 is 124 Å². The van der Waals surface area contributed by atoms with E-state index in [1.54, 1.807) is 6.08 Å². The summed E-state index contributed by atoms with van der Waals surface area (Å²) in [4.78, 5) is 13.4. The Balaban J connectivity index is 1.42. The molecule has 0 aromatic heterocycles. The van der Waals surface area contributed by atoms with Gasteiger partial charge in [-0.3, -0.25) is 4.79 Å². The van der Waals surface area contributed by atoms with Gasteiger partial charge in [-0.1, -0.05) is 254 Å². The van der Waals surface area contributed by atoms with E-state index in [1.807, 2.05) is 6.08 Å². The summed E-state index contributed by atoms with van der Waals surface area (Å²) in [6.45, 7) is 1.72. The Bertz CT molecular complexity index is 1940. The van der Waals surface area contributed by atoms with Gasteiger partial charge in [-0.15, -0.1) is 0 Å². The lowest BCUT2D eigenvalue weighted by Crippen LogP contribution is -2.66. The van der Waals surface area contributed by atoms with Gasteiger partial charge in [0.2, 0.25) is 5.91 Å². The molecule has 3 fully saturated rings. The first kappa shape index (κ1) is 85.7. The topological polar surface area (TPSA) is 307 Å². The number of allylic oxidation sites excluding steroid dienone is 9. The highest BCUT2D eigenvalue weighted by Gasteiger charge is 2.53. The molecule has 3 aliphatic heterocycles. The van der Waals surface area contributed by atoms with Crippen molar-refractivity contribution in [2.45, 2.75) is 381 Å². The van der Waals surface area contributed by atoms with Crippen LogP contribution in [-0.4, -0.2) is 193 Å². The van der Waals surface area contributed by atoms with Crippen molar-refractivity contribution in [1.82, 2.24) is 5.32 Å². The minimum atomic E-state index is -1.98. The van der Waals surface area contributed by atoms with Crippen molar-refractivity contribution in [1.29, 1.82) is 0 Å². The average Bonchev–Trinajstić information content (AvgIpc) is 0.787. The zero-order chi connectivity index (χ0) is 68.2. The highest BCUT2D eigenvalue weighted by molar-refractivity contribution is 5.76. The van der Waals surface area contributed by atoms with Crippen molar-refractivity contribution in [2.75, 3.05) is 26.4 Å². The van der Waals surface area contributed by atoms with Gasteiger partial charge in [-0.05, 0) is 77.0 Å². The molecule has 0 aromatic carbocycles. The molecule has 3 rings (SSSR count). The molecule has 12 N–H and O–H groups in total. The fourth-order valence-corrected chi connectivity index (χ4v) is 12.4. The number of carbonyl (C=O) groups excluding carboxylic acids is 1. The van der Waals surface area contributed by atoms with E-state index in [1.165, 1.54) is 193 Å². The molecule has 19 heteroatoms. The van der Waals surface area contributed by atoms with Gasteiger partial charge in [-0.2, -0.15) is 0 Å². The van der Waals surface area contributed by atoms with Crippen LogP contribution in [0.15, 0.2) is 60.8 Å². The zero-order valence-corrected chi connectivity index (χ0v) is 58.2. The Kier molecular flexibility index (Phi) is 51.3. The molecule has 548 valence electrons. The molecule has 1 amide bonds. The van der Waals surface area contributed by atoms with Crippen LogP contribution in [0.2, 0.25) is 0 Å². The molecule has 0 saturated carbocycles. The van der Waals surface area contributed by atoms with Crippen LogP contribution in [0.25, 0.3) is 0 Å². The van der Waals surface area contributed by atoms with Crippen LogP contribution in [0, 0.1) is 0 Å². The molecule has 0 radical (unpaired) electrons. The van der Waals surface area contributed by atoms with Gasteiger partial charge < -0.3 is 89.9 Å². The number of carbonyl (C=O) groups is 1. The van der Waals surface area contributed by atoms with E-state index in [-0.39, 0.29) is 18.9 Å². The third-order valence-corrected chi connectivity index (χ3v) is 18.5. The summed E-state index contributed by atoms with van der Waals surface area (Å²) in [5.41, 5.74) is 0. The predicted octanol–water partition coefficient (Wildman–Crippen LogP) is 11.1. The number of ether oxygens (including phenoxy) is 6. The predicted molar refractivity (Wildman–Crippen MR) is 369 cm³/mol. The second kappa shape index (κ2) is 56.3. The van der Waals surface area contributed by atoms with Crippen molar-refractivity contribution in [3.63, 3.8) is 0 Å². The first-order valence-electron chi connectivity index (χ1n) is 37.5. The lowest BCUT2D eigenvalue weighted by atomic mass is 9.96. The van der Waals surface area contributed by atoms with E-state index >= 15 is 0 Å². The monoisotopic (exact) mass is 1340 g/mol. The standard InChI is InChI=1S/C75H135NO18/c1-3-5-7-9-11-13-15-17-19-21-23-25-27-28-29-30-31-33-35-37-39-41-43-45-47-49-51-53-63(81)76-58(59(80)52-50-48-46-44-42-40-38-36-34-32-26-24-22-20-18-16-14-12-10-8-6-4-2)57-89-73-69(87)66(84)71(61(55-78)91-73)94-75-70(88)67(85)72(62(56-79)92-75)93-74-68(86)65(83)64(82)60(54-77)90-74/h15,17,21,23,34,36,42,44,50,52,58-62,64-75,77-80,82-88H,3-14,16,18-20,22,24-33,35,37-41,43,45-49,51,53-57H2,1-2H3,(H,76,81)/b17-15-,23-21-,36-34+,44-42+,52-50+. The molecule has 17 unspecified atom stereocenters. The highest BCUT2D eigenvalue weighted by atomic mass is 16.8. The maximum atomic E-state index is 13.4. The molecule has 0 aromatic rings. The van der Waals surface area contributed by atoms with Crippen molar-refractivity contribution >= 4 is 5.91 Å². The van der Waals surface area contributed by atoms with Gasteiger partial charge in [-0.25, -0.2) is 0 Å². The van der Waals surface area contributed by atoms with Gasteiger partial charge in [0.05, 0.1) is 38.6 Å². The summed E-state index contributed by atoms with van der Waals surface area (Å²) in [6.07, 6.45) is 43.4.